The smallest absolute Gasteiger partial charge is 0.100 e. The molecule has 2 N–H and O–H groups in total. The molecule has 2 heterocycles. The van der Waals surface area contributed by atoms with Crippen LogP contribution in [0.3, 0.4) is 0 Å². The van der Waals surface area contributed by atoms with Crippen molar-refractivity contribution >= 4 is 11.6 Å². The van der Waals surface area contributed by atoms with Gasteiger partial charge in [0, 0.05) is 29.6 Å². The molecule has 5 nitrogen and oxygen atoms in total. The van der Waals surface area contributed by atoms with E-state index in [2.05, 4.69) is 11.1 Å². The summed E-state index contributed by atoms with van der Waals surface area (Å²) < 4.78 is 1.96. The Kier molecular flexibility index (Phi) is 5.43. The van der Waals surface area contributed by atoms with Crippen LogP contribution in [0.5, 0.6) is 0 Å². The van der Waals surface area contributed by atoms with Gasteiger partial charge in [-0.2, -0.15) is 10.4 Å². The van der Waals surface area contributed by atoms with Gasteiger partial charge in [-0.05, 0) is 48.6 Å². The summed E-state index contributed by atoms with van der Waals surface area (Å²) in [5, 5.41) is 14.2. The van der Waals surface area contributed by atoms with E-state index in [0.29, 0.717) is 23.9 Å². The Hall–Kier alpha value is -2.68. The molecule has 142 valence electrons. The maximum atomic E-state index is 9.29. The van der Waals surface area contributed by atoms with Crippen molar-refractivity contribution in [2.24, 2.45) is 11.7 Å². The molecular weight excluding hydrogens is 370 g/mol. The fourth-order valence-corrected chi connectivity index (χ4v) is 4.03. The summed E-state index contributed by atoms with van der Waals surface area (Å²) in [6, 6.07) is 13.7. The molecule has 1 aliphatic rings. The van der Waals surface area contributed by atoms with E-state index in [-0.39, 0.29) is 6.04 Å². The van der Waals surface area contributed by atoms with Gasteiger partial charge in [-0.3, -0.25) is 9.67 Å². The lowest BCUT2D eigenvalue weighted by Gasteiger charge is -2.31. The van der Waals surface area contributed by atoms with Gasteiger partial charge in [-0.15, -0.1) is 11.6 Å². The van der Waals surface area contributed by atoms with E-state index in [9.17, 15) is 5.26 Å². The molecule has 0 aliphatic heterocycles. The minimum Gasteiger partial charge on any atom is -0.326 e. The first kappa shape index (κ1) is 18.7. The summed E-state index contributed by atoms with van der Waals surface area (Å²) in [6.07, 6.45) is 7.16. The second-order valence-electron chi connectivity index (χ2n) is 7.27. The van der Waals surface area contributed by atoms with Gasteiger partial charge in [0.05, 0.1) is 29.8 Å². The van der Waals surface area contributed by atoms with Gasteiger partial charge in [-0.25, -0.2) is 0 Å². The fourth-order valence-electron chi connectivity index (χ4n) is 3.76. The average molecular weight is 392 g/mol. The summed E-state index contributed by atoms with van der Waals surface area (Å²) in [6.45, 7) is 0.642. The molecule has 6 heteroatoms. The molecule has 4 rings (SSSR count). The highest BCUT2D eigenvalue weighted by Gasteiger charge is 2.27. The normalized spacial score (nSPS) is 15.0. The third kappa shape index (κ3) is 3.54. The van der Waals surface area contributed by atoms with E-state index < -0.39 is 0 Å². The zero-order chi connectivity index (χ0) is 19.5. The van der Waals surface area contributed by atoms with Crippen molar-refractivity contribution in [2.45, 2.75) is 37.7 Å². The van der Waals surface area contributed by atoms with Crippen LogP contribution in [0, 0.1) is 17.2 Å². The van der Waals surface area contributed by atoms with Crippen LogP contribution in [-0.4, -0.2) is 20.8 Å². The Morgan fingerprint density at radius 2 is 2.00 bits per heavy atom. The zero-order valence-electron chi connectivity index (χ0n) is 15.6. The SMILES string of the molecule is N#Cc1cccc(-c2nn(C[C@H](N)C3CCC3)c(CCl)c2-c2ccncc2)c1. The average Bonchev–Trinajstić information content (AvgIpc) is 3.05. The molecule has 3 aromatic rings. The summed E-state index contributed by atoms with van der Waals surface area (Å²) in [7, 11) is 0. The number of halogens is 1. The third-order valence-corrected chi connectivity index (χ3v) is 5.81. The molecule has 0 unspecified atom stereocenters. The third-order valence-electron chi connectivity index (χ3n) is 5.56. The van der Waals surface area contributed by atoms with Gasteiger partial charge in [0.1, 0.15) is 5.69 Å². The monoisotopic (exact) mass is 391 g/mol. The van der Waals surface area contributed by atoms with E-state index in [1.165, 1.54) is 19.3 Å². The molecule has 1 atom stereocenters. The number of rotatable bonds is 6. The van der Waals surface area contributed by atoms with Crippen LogP contribution < -0.4 is 5.73 Å². The lowest BCUT2D eigenvalue weighted by molar-refractivity contribution is 0.239. The standard InChI is InChI=1S/C22H22ClN5/c23-12-20-21(17-7-9-26-10-8-17)22(18-6-1-3-15(11-18)13-24)27-28(20)14-19(25)16-4-2-5-16/h1,3,6-11,16,19H,2,4-5,12,14,25H2/t19-/m0/s1. The lowest BCUT2D eigenvalue weighted by atomic mass is 9.80. The molecule has 1 aromatic carbocycles. The van der Waals surface area contributed by atoms with Crippen LogP contribution in [-0.2, 0) is 12.4 Å². The number of hydrogen-bond acceptors (Lipinski definition) is 4. The molecule has 0 bridgehead atoms. The van der Waals surface area contributed by atoms with Gasteiger partial charge in [0.2, 0.25) is 0 Å². The van der Waals surface area contributed by atoms with Gasteiger partial charge < -0.3 is 5.73 Å². The Balaban J connectivity index is 1.84. The largest absolute Gasteiger partial charge is 0.326 e. The number of aromatic nitrogens is 3. The van der Waals surface area contributed by atoms with E-state index in [1.807, 2.05) is 35.0 Å². The van der Waals surface area contributed by atoms with Crippen LogP contribution in [0.4, 0.5) is 0 Å². The number of benzene rings is 1. The highest BCUT2D eigenvalue weighted by molar-refractivity contribution is 6.17. The molecule has 1 saturated carbocycles. The number of nitriles is 1. The van der Waals surface area contributed by atoms with Crippen molar-refractivity contribution in [3.05, 3.63) is 60.0 Å². The van der Waals surface area contributed by atoms with E-state index in [0.717, 1.165) is 28.1 Å². The molecule has 0 saturated heterocycles. The molecule has 0 amide bonds. The van der Waals surface area contributed by atoms with Crippen molar-refractivity contribution in [3.63, 3.8) is 0 Å². The molecule has 0 radical (unpaired) electrons. The first-order valence-electron chi connectivity index (χ1n) is 9.53. The van der Waals surface area contributed by atoms with Crippen molar-refractivity contribution in [3.8, 4) is 28.5 Å². The molecule has 1 aliphatic carbocycles. The first-order valence-corrected chi connectivity index (χ1v) is 10.1. The van der Waals surface area contributed by atoms with E-state index >= 15 is 0 Å². The van der Waals surface area contributed by atoms with E-state index in [4.69, 9.17) is 22.4 Å². The van der Waals surface area contributed by atoms with Crippen LogP contribution in [0.15, 0.2) is 48.8 Å². The summed E-state index contributed by atoms with van der Waals surface area (Å²) in [5.74, 6) is 0.891. The Bertz CT molecular complexity index is 1000. The second-order valence-corrected chi connectivity index (χ2v) is 7.54. The Labute approximate surface area is 169 Å². The number of alkyl halides is 1. The maximum Gasteiger partial charge on any atom is 0.100 e. The van der Waals surface area contributed by atoms with Crippen LogP contribution in [0.2, 0.25) is 0 Å². The predicted molar refractivity (Wildman–Crippen MR) is 110 cm³/mol. The van der Waals surface area contributed by atoms with Crippen molar-refractivity contribution in [2.75, 3.05) is 0 Å². The van der Waals surface area contributed by atoms with Gasteiger partial charge in [-0.1, -0.05) is 18.6 Å². The highest BCUT2D eigenvalue weighted by Crippen LogP contribution is 2.36. The zero-order valence-corrected chi connectivity index (χ0v) is 16.3. The molecule has 1 fully saturated rings. The summed E-state index contributed by atoms with van der Waals surface area (Å²) in [5.41, 5.74) is 11.7. The minimum atomic E-state index is 0.0687. The molecular formula is C22H22ClN5. The second kappa shape index (κ2) is 8.14. The quantitative estimate of drug-likeness (QED) is 0.633. The minimum absolute atomic E-state index is 0.0687. The number of hydrogen-bond donors (Lipinski definition) is 1. The van der Waals surface area contributed by atoms with Crippen LogP contribution in [0.25, 0.3) is 22.4 Å². The molecule has 0 spiro atoms. The molecule has 28 heavy (non-hydrogen) atoms. The lowest BCUT2D eigenvalue weighted by Crippen LogP contribution is -2.38. The topological polar surface area (TPSA) is 80.5 Å². The van der Waals surface area contributed by atoms with E-state index in [1.54, 1.807) is 18.5 Å². The Morgan fingerprint density at radius 3 is 2.64 bits per heavy atom. The van der Waals surface area contributed by atoms with Gasteiger partial charge >= 0.3 is 0 Å². The number of nitrogens with two attached hydrogens (primary N) is 1. The number of pyridine rings is 1. The van der Waals surface area contributed by atoms with Crippen LogP contribution in [0.1, 0.15) is 30.5 Å². The van der Waals surface area contributed by atoms with Crippen molar-refractivity contribution in [1.82, 2.24) is 14.8 Å². The fraction of sp³-hybridized carbons (Fsp3) is 0.318. The number of nitrogens with zero attached hydrogens (tertiary/aromatic N) is 4. The van der Waals surface area contributed by atoms with Gasteiger partial charge in [0.25, 0.3) is 0 Å². The van der Waals surface area contributed by atoms with Crippen molar-refractivity contribution in [1.29, 1.82) is 5.26 Å². The Morgan fingerprint density at radius 1 is 1.21 bits per heavy atom. The van der Waals surface area contributed by atoms with Gasteiger partial charge in [0.15, 0.2) is 0 Å². The summed E-state index contributed by atoms with van der Waals surface area (Å²) >= 11 is 6.39. The van der Waals surface area contributed by atoms with Crippen molar-refractivity contribution < 1.29 is 0 Å². The van der Waals surface area contributed by atoms with Crippen LogP contribution >= 0.6 is 11.6 Å². The first-order chi connectivity index (χ1) is 13.7. The maximum absolute atomic E-state index is 9.29. The highest BCUT2D eigenvalue weighted by atomic mass is 35.5. The summed E-state index contributed by atoms with van der Waals surface area (Å²) in [4.78, 5) is 4.13. The molecule has 2 aromatic heterocycles. The predicted octanol–water partition coefficient (Wildman–Crippen LogP) is 4.35.